The van der Waals surface area contributed by atoms with Gasteiger partial charge in [0.2, 0.25) is 0 Å². The Morgan fingerprint density at radius 1 is 0.875 bits per heavy atom. The summed E-state index contributed by atoms with van der Waals surface area (Å²) < 4.78 is 13.2. The molecule has 0 amide bonds. The Hall–Kier alpha value is -0.200. The molecule has 0 unspecified atom stereocenters. The molecule has 32 heavy (non-hydrogen) atoms. The molecule has 14 atom stereocenters. The molecule has 0 bridgehead atoms. The van der Waals surface area contributed by atoms with Gasteiger partial charge in [-0.25, -0.2) is 0 Å². The highest BCUT2D eigenvalue weighted by molar-refractivity contribution is 5.20. The Morgan fingerprint density at radius 3 is 2.38 bits per heavy atom. The van der Waals surface area contributed by atoms with Gasteiger partial charge in [-0.15, -0.1) is 0 Å². The highest BCUT2D eigenvalue weighted by Crippen LogP contribution is 2.71. The third-order valence-electron chi connectivity index (χ3n) is 12.0. The molecule has 5 nitrogen and oxygen atoms in total. The van der Waals surface area contributed by atoms with E-state index in [-0.39, 0.29) is 40.8 Å². The summed E-state index contributed by atoms with van der Waals surface area (Å²) >= 11 is 0. The lowest BCUT2D eigenvalue weighted by molar-refractivity contribution is -0.278. The second kappa shape index (κ2) is 7.16. The van der Waals surface area contributed by atoms with E-state index < -0.39 is 18.0 Å². The van der Waals surface area contributed by atoms with Gasteiger partial charge in [0, 0.05) is 23.7 Å². The molecular formula is C27H44O5. The number of aliphatic hydroxyl groups is 3. The monoisotopic (exact) mass is 448 g/mol. The standard InChI is InChI=1S/C27H44O5/c1-14-7-10-27(31-13-14)15(2)21-20(32-27)12-19-18-6-5-16-11-17(28)8-9-25(16,3)22(18)23(29)24(30)26(19,21)4/h14-24,28-30H,5-13H2,1-4H3/t14-,15+,16+,17+,18+,19+,20+,21+,22-,23-,24+,25+,26+,27-/m1/s1. The highest BCUT2D eigenvalue weighted by atomic mass is 16.7. The lowest BCUT2D eigenvalue weighted by atomic mass is 9.43. The first-order chi connectivity index (χ1) is 15.1. The normalized spacial score (nSPS) is 64.0. The Kier molecular flexibility index (Phi) is 4.99. The van der Waals surface area contributed by atoms with E-state index in [0.29, 0.717) is 23.7 Å². The molecule has 0 radical (unpaired) electrons. The van der Waals surface area contributed by atoms with Crippen molar-refractivity contribution in [2.24, 2.45) is 52.3 Å². The smallest absolute Gasteiger partial charge is 0.171 e. The van der Waals surface area contributed by atoms with Gasteiger partial charge in [-0.3, -0.25) is 0 Å². The molecule has 6 rings (SSSR count). The van der Waals surface area contributed by atoms with Gasteiger partial charge in [-0.05, 0) is 80.0 Å². The Balaban J connectivity index is 1.33. The maximum absolute atomic E-state index is 11.8. The molecule has 4 saturated carbocycles. The quantitative estimate of drug-likeness (QED) is 0.526. The highest BCUT2D eigenvalue weighted by Gasteiger charge is 2.73. The van der Waals surface area contributed by atoms with E-state index in [9.17, 15) is 15.3 Å². The van der Waals surface area contributed by atoms with Crippen LogP contribution in [0.15, 0.2) is 0 Å². The summed E-state index contributed by atoms with van der Waals surface area (Å²) in [6, 6.07) is 0. The van der Waals surface area contributed by atoms with Gasteiger partial charge in [0.05, 0.1) is 31.0 Å². The predicted molar refractivity (Wildman–Crippen MR) is 121 cm³/mol. The summed E-state index contributed by atoms with van der Waals surface area (Å²) in [5.41, 5.74) is -0.324. The number of fused-ring (bicyclic) bond motifs is 7. The van der Waals surface area contributed by atoms with E-state index in [1.165, 1.54) is 0 Å². The van der Waals surface area contributed by atoms with Crippen LogP contribution < -0.4 is 0 Å². The van der Waals surface area contributed by atoms with E-state index in [1.54, 1.807) is 0 Å². The SMILES string of the molecule is C[C@@H]1CC[C@@]2(OC1)O[C@H]1C[C@H]3[C@@H]4CC[C@H]5C[C@@H](O)CC[C@]5(C)[C@H]4[C@@H](O)[C@H](O)[C@]3(C)[C@H]1[C@@H]2C. The second-order valence-electron chi connectivity index (χ2n) is 13.3. The molecule has 0 aromatic carbocycles. The molecule has 4 aliphatic carbocycles. The number of ether oxygens (including phenoxy) is 2. The zero-order valence-electron chi connectivity index (χ0n) is 20.4. The van der Waals surface area contributed by atoms with Crippen molar-refractivity contribution >= 4 is 0 Å². The van der Waals surface area contributed by atoms with Gasteiger partial charge in [0.25, 0.3) is 0 Å². The Bertz CT molecular complexity index is 748. The van der Waals surface area contributed by atoms with Crippen LogP contribution in [0.3, 0.4) is 0 Å². The fraction of sp³-hybridized carbons (Fsp3) is 1.00. The molecular weight excluding hydrogens is 404 g/mol. The predicted octanol–water partition coefficient (Wildman–Crippen LogP) is 3.74. The zero-order chi connectivity index (χ0) is 22.6. The van der Waals surface area contributed by atoms with Gasteiger partial charge in [0.1, 0.15) is 0 Å². The van der Waals surface area contributed by atoms with Crippen LogP contribution in [0, 0.1) is 52.3 Å². The fourth-order valence-corrected chi connectivity index (χ4v) is 10.3. The van der Waals surface area contributed by atoms with Gasteiger partial charge in [-0.1, -0.05) is 27.7 Å². The molecule has 3 N–H and O–H groups in total. The topological polar surface area (TPSA) is 79.2 Å². The molecule has 182 valence electrons. The number of rotatable bonds is 0. The van der Waals surface area contributed by atoms with Crippen LogP contribution in [0.1, 0.15) is 79.1 Å². The maximum Gasteiger partial charge on any atom is 0.171 e. The molecule has 1 spiro atoms. The lowest BCUT2D eigenvalue weighted by Gasteiger charge is -2.64. The molecule has 2 aliphatic heterocycles. The first-order valence-electron chi connectivity index (χ1n) is 13.5. The van der Waals surface area contributed by atoms with Crippen molar-refractivity contribution in [3.8, 4) is 0 Å². The van der Waals surface area contributed by atoms with Crippen LogP contribution in [0.2, 0.25) is 0 Å². The molecule has 2 heterocycles. The summed E-state index contributed by atoms with van der Waals surface area (Å²) in [6.07, 6.45) is 6.44. The zero-order valence-corrected chi connectivity index (χ0v) is 20.4. The molecule has 0 aromatic rings. The maximum atomic E-state index is 11.8. The Morgan fingerprint density at radius 2 is 1.66 bits per heavy atom. The van der Waals surface area contributed by atoms with Crippen molar-refractivity contribution in [1.82, 2.24) is 0 Å². The van der Waals surface area contributed by atoms with Gasteiger partial charge in [-0.2, -0.15) is 0 Å². The van der Waals surface area contributed by atoms with Crippen molar-refractivity contribution in [2.75, 3.05) is 6.61 Å². The largest absolute Gasteiger partial charge is 0.393 e. The summed E-state index contributed by atoms with van der Waals surface area (Å²) in [4.78, 5) is 0. The number of aliphatic hydroxyl groups excluding tert-OH is 3. The van der Waals surface area contributed by atoms with Crippen molar-refractivity contribution in [3.05, 3.63) is 0 Å². The minimum Gasteiger partial charge on any atom is -0.393 e. The van der Waals surface area contributed by atoms with E-state index in [0.717, 1.165) is 58.0 Å². The number of hydrogen-bond acceptors (Lipinski definition) is 5. The van der Waals surface area contributed by atoms with E-state index in [4.69, 9.17) is 9.47 Å². The Labute approximate surface area is 193 Å². The van der Waals surface area contributed by atoms with Crippen LogP contribution in [0.4, 0.5) is 0 Å². The van der Waals surface area contributed by atoms with Crippen molar-refractivity contribution < 1.29 is 24.8 Å². The second-order valence-corrected chi connectivity index (χ2v) is 13.3. The third kappa shape index (κ3) is 2.69. The summed E-state index contributed by atoms with van der Waals surface area (Å²) in [7, 11) is 0. The summed E-state index contributed by atoms with van der Waals surface area (Å²) in [5, 5.41) is 33.8. The van der Waals surface area contributed by atoms with Crippen LogP contribution in [-0.4, -0.2) is 52.1 Å². The molecule has 2 saturated heterocycles. The molecule has 0 aromatic heterocycles. The van der Waals surface area contributed by atoms with E-state index in [1.807, 2.05) is 0 Å². The van der Waals surface area contributed by atoms with Crippen molar-refractivity contribution in [2.45, 2.75) is 109 Å². The van der Waals surface area contributed by atoms with Crippen LogP contribution >= 0.6 is 0 Å². The number of hydrogen-bond donors (Lipinski definition) is 3. The third-order valence-corrected chi connectivity index (χ3v) is 12.0. The molecule has 5 heteroatoms. The van der Waals surface area contributed by atoms with E-state index >= 15 is 0 Å². The van der Waals surface area contributed by atoms with Gasteiger partial charge in [0.15, 0.2) is 5.79 Å². The lowest BCUT2D eigenvalue weighted by Crippen LogP contribution is -2.65. The first kappa shape index (κ1) is 22.3. The van der Waals surface area contributed by atoms with Crippen molar-refractivity contribution in [1.29, 1.82) is 0 Å². The molecule has 6 fully saturated rings. The van der Waals surface area contributed by atoms with Crippen LogP contribution in [0.5, 0.6) is 0 Å². The fourth-order valence-electron chi connectivity index (χ4n) is 10.3. The van der Waals surface area contributed by atoms with Gasteiger partial charge >= 0.3 is 0 Å². The minimum absolute atomic E-state index is 0.0118. The molecule has 6 aliphatic rings. The first-order valence-corrected chi connectivity index (χ1v) is 13.5. The summed E-state index contributed by atoms with van der Waals surface area (Å²) in [6.45, 7) is 9.88. The van der Waals surface area contributed by atoms with Crippen LogP contribution in [-0.2, 0) is 9.47 Å². The summed E-state index contributed by atoms with van der Waals surface area (Å²) in [5.74, 6) is 1.92. The average molecular weight is 449 g/mol. The van der Waals surface area contributed by atoms with Gasteiger partial charge < -0.3 is 24.8 Å². The minimum atomic E-state index is -0.727. The van der Waals surface area contributed by atoms with Crippen LogP contribution in [0.25, 0.3) is 0 Å². The average Bonchev–Trinajstić information content (AvgIpc) is 3.20. The van der Waals surface area contributed by atoms with E-state index in [2.05, 4.69) is 27.7 Å². The van der Waals surface area contributed by atoms with Crippen molar-refractivity contribution in [3.63, 3.8) is 0 Å².